The molecule has 0 amide bonds. The van der Waals surface area contributed by atoms with Gasteiger partial charge in [-0.3, -0.25) is 9.59 Å². The Morgan fingerprint density at radius 3 is 1.43 bits per heavy atom. The monoisotopic (exact) mass is 1250 g/mol. The maximum Gasteiger partial charge on any atom is 0.338 e. The molecule has 12 aromatic carbocycles. The number of benzene rings is 13. The van der Waals surface area contributed by atoms with E-state index in [9.17, 15) is 29.1 Å². The number of methoxy groups -OCH3 is 4. The van der Waals surface area contributed by atoms with Crippen molar-refractivity contribution in [2.75, 3.05) is 34.2 Å². The molecule has 0 atom stereocenters. The van der Waals surface area contributed by atoms with E-state index in [0.29, 0.717) is 99.8 Å². The van der Waals surface area contributed by atoms with Crippen LogP contribution in [0.15, 0.2) is 253 Å². The number of carbonyl (C=O) groups is 3. The van der Waals surface area contributed by atoms with Crippen molar-refractivity contribution in [1.82, 2.24) is 0 Å². The Morgan fingerprint density at radius 1 is 0.400 bits per heavy atom. The van der Waals surface area contributed by atoms with E-state index in [-0.39, 0.29) is 16.6 Å². The number of esters is 3. The SMILES string of the molecule is COC(=O)c1ccccc1-c1c2ccc(=O)cc-2oc2c1ccc1cccc(OC)c12.COC(=O)c1ccccc1-c1c2ccc(O)cc2oc2c1ccc1cccc(=O)c12.COC(=O)c1ccccc1-c1c2ccc3cccc(N)c3c2oc2c1ccc1cccc(=N)c12. The molecule has 15 heteroatoms. The molecule has 16 rings (SSSR count). The molecule has 14 aromatic rings. The van der Waals surface area contributed by atoms with E-state index in [2.05, 4.69) is 0 Å². The van der Waals surface area contributed by atoms with Gasteiger partial charge in [0.05, 0.1) is 66.6 Å². The number of aromatic hydroxyl groups is 1. The van der Waals surface area contributed by atoms with Crippen molar-refractivity contribution >= 4 is 122 Å². The van der Waals surface area contributed by atoms with E-state index in [4.69, 9.17) is 43.3 Å². The summed E-state index contributed by atoms with van der Waals surface area (Å²) in [5.41, 5.74) is 15.8. The highest BCUT2D eigenvalue weighted by Crippen LogP contribution is 2.47. The Hall–Kier alpha value is -12.9. The molecule has 3 heterocycles. The number of nitrogen functional groups attached to an aromatic ring is 1. The molecule has 0 fully saturated rings. The van der Waals surface area contributed by atoms with Gasteiger partial charge in [0.25, 0.3) is 0 Å². The fraction of sp³-hybridized carbons (Fsp3) is 0.0500. The Bertz CT molecular complexity index is 6040. The highest BCUT2D eigenvalue weighted by molar-refractivity contribution is 6.23. The third-order valence-corrected chi connectivity index (χ3v) is 17.1. The smallest absolute Gasteiger partial charge is 0.338 e. The number of rotatable bonds is 7. The maximum atomic E-state index is 12.7. The van der Waals surface area contributed by atoms with E-state index >= 15 is 0 Å². The van der Waals surface area contributed by atoms with Crippen LogP contribution in [0.5, 0.6) is 11.5 Å². The lowest BCUT2D eigenvalue weighted by molar-refractivity contribution is 0.0592. The van der Waals surface area contributed by atoms with Crippen LogP contribution in [-0.2, 0) is 14.2 Å². The first-order chi connectivity index (χ1) is 46.3. The van der Waals surface area contributed by atoms with Gasteiger partial charge in [0.15, 0.2) is 10.9 Å². The van der Waals surface area contributed by atoms with Gasteiger partial charge < -0.3 is 48.4 Å². The Balaban J connectivity index is 0.000000123. The van der Waals surface area contributed by atoms with Crippen molar-refractivity contribution in [3.8, 4) is 56.2 Å². The number of carbonyl (C=O) groups excluding carboxylic acids is 3. The van der Waals surface area contributed by atoms with Gasteiger partial charge >= 0.3 is 17.9 Å². The first-order valence-corrected chi connectivity index (χ1v) is 30.0. The van der Waals surface area contributed by atoms with Crippen molar-refractivity contribution < 1.29 is 51.7 Å². The van der Waals surface area contributed by atoms with Crippen LogP contribution in [0.1, 0.15) is 31.1 Å². The summed E-state index contributed by atoms with van der Waals surface area (Å²) in [5, 5.41) is 29.2. The van der Waals surface area contributed by atoms with Crippen LogP contribution in [0.3, 0.4) is 0 Å². The molecule has 95 heavy (non-hydrogen) atoms. The lowest BCUT2D eigenvalue weighted by Gasteiger charge is -2.18. The van der Waals surface area contributed by atoms with Crippen LogP contribution in [-0.4, -0.2) is 51.5 Å². The van der Waals surface area contributed by atoms with E-state index in [0.717, 1.165) is 76.3 Å². The van der Waals surface area contributed by atoms with Gasteiger partial charge in [-0.1, -0.05) is 127 Å². The fourth-order valence-corrected chi connectivity index (χ4v) is 12.9. The topological polar surface area (TPSA) is 232 Å². The molecule has 1 aliphatic heterocycles. The van der Waals surface area contributed by atoms with Crippen LogP contribution < -0.4 is 26.7 Å². The number of phenolic OH excluding ortho intramolecular Hbond substituents is 1. The average Bonchev–Trinajstić information content (AvgIpc) is 0.747. The Kier molecular flexibility index (Phi) is 15.3. The third-order valence-electron chi connectivity index (χ3n) is 17.1. The Morgan fingerprint density at radius 2 is 0.853 bits per heavy atom. The molecule has 1 aliphatic carbocycles. The molecule has 0 saturated heterocycles. The summed E-state index contributed by atoms with van der Waals surface area (Å²) in [5.74, 6) is -0.168. The Labute approximate surface area is 539 Å². The van der Waals surface area contributed by atoms with Crippen molar-refractivity contribution in [3.05, 3.63) is 273 Å². The lowest BCUT2D eigenvalue weighted by Crippen LogP contribution is -2.05. The summed E-state index contributed by atoms with van der Waals surface area (Å²) < 4.78 is 39.7. The van der Waals surface area contributed by atoms with E-state index in [1.807, 2.05) is 146 Å². The quantitative estimate of drug-likeness (QED) is 0.0443. The van der Waals surface area contributed by atoms with Gasteiger partial charge in [-0.15, -0.1) is 0 Å². The average molecular weight is 1250 g/mol. The molecule has 0 radical (unpaired) electrons. The normalized spacial score (nSPS) is 11.3. The van der Waals surface area contributed by atoms with Gasteiger partial charge in [-0.25, -0.2) is 14.4 Å². The zero-order valence-electron chi connectivity index (χ0n) is 51.4. The van der Waals surface area contributed by atoms with Crippen LogP contribution in [0, 0.1) is 5.41 Å². The van der Waals surface area contributed by atoms with Crippen LogP contribution in [0.25, 0.3) is 143 Å². The molecule has 4 N–H and O–H groups in total. The maximum absolute atomic E-state index is 12.7. The number of hydrogen-bond donors (Lipinski definition) is 3. The number of nitrogens with two attached hydrogens (primary N) is 1. The molecular weight excluding hydrogens is 1200 g/mol. The second-order valence-corrected chi connectivity index (χ2v) is 22.4. The van der Waals surface area contributed by atoms with Crippen LogP contribution in [0.2, 0.25) is 0 Å². The zero-order valence-corrected chi connectivity index (χ0v) is 51.4. The van der Waals surface area contributed by atoms with Gasteiger partial charge in [-0.05, 0) is 129 Å². The summed E-state index contributed by atoms with van der Waals surface area (Å²) in [6.07, 6.45) is 0. The first kappa shape index (κ1) is 59.7. The van der Waals surface area contributed by atoms with E-state index in [1.165, 1.54) is 45.6 Å². The van der Waals surface area contributed by atoms with Gasteiger partial charge in [-0.2, -0.15) is 0 Å². The zero-order chi connectivity index (χ0) is 65.8. The standard InChI is InChI=1S/C29H20N2O3.C26H18O5.C25H16O5/c1-33-29(32)19-9-3-2-8-18(19)26-20-14-12-16-6-4-10-22(30)24(16)27(20)34-28-21(26)15-13-17-7-5-11-23(31)25(17)28;1-29-21-9-5-6-15-10-12-20-24(17-7-3-4-8-18(17)26(28)30-2)19-13-11-16(27)14-22(19)31-25(20)23(15)21;1-29-25(28)17-7-3-2-6-16(17)23-18-12-10-15(26)13-21(18)30-24-19(23)11-9-14-5-4-8-20(27)22(14)24/h2-15,30H,31H2,1H3;3-14H,1-2H3;2-13,26H,1H3. The van der Waals surface area contributed by atoms with Crippen LogP contribution in [0.4, 0.5) is 5.69 Å². The van der Waals surface area contributed by atoms with Crippen molar-refractivity contribution in [3.63, 3.8) is 0 Å². The minimum absolute atomic E-state index is 0.0420. The summed E-state index contributed by atoms with van der Waals surface area (Å²) >= 11 is 0. The van der Waals surface area contributed by atoms with Gasteiger partial charge in [0, 0.05) is 72.4 Å². The second-order valence-electron chi connectivity index (χ2n) is 22.4. The molecular formula is C80H54N2O13. The summed E-state index contributed by atoms with van der Waals surface area (Å²) in [6, 6.07) is 69.1. The summed E-state index contributed by atoms with van der Waals surface area (Å²) in [7, 11) is 5.68. The first-order valence-electron chi connectivity index (χ1n) is 30.0. The number of phenols is 1. The fourth-order valence-electron chi connectivity index (χ4n) is 12.9. The minimum atomic E-state index is -0.461. The predicted octanol–water partition coefficient (Wildman–Crippen LogP) is 17.2. The molecule has 462 valence electrons. The van der Waals surface area contributed by atoms with Gasteiger partial charge in [0.2, 0.25) is 0 Å². The molecule has 0 bridgehead atoms. The number of anilines is 1. The second kappa shape index (κ2) is 24.4. The van der Waals surface area contributed by atoms with Crippen molar-refractivity contribution in [1.29, 1.82) is 5.41 Å². The molecule has 0 unspecified atom stereocenters. The van der Waals surface area contributed by atoms with Crippen molar-refractivity contribution in [2.24, 2.45) is 0 Å². The van der Waals surface area contributed by atoms with E-state index < -0.39 is 17.9 Å². The number of nitrogens with one attached hydrogen (secondary N) is 1. The number of fused-ring (bicyclic) bond motifs is 14. The molecule has 0 spiro atoms. The molecule has 2 aromatic heterocycles. The number of ether oxygens (including phenoxy) is 4. The highest BCUT2D eigenvalue weighted by atomic mass is 16.5. The lowest BCUT2D eigenvalue weighted by atomic mass is 9.90. The van der Waals surface area contributed by atoms with Crippen molar-refractivity contribution in [2.45, 2.75) is 0 Å². The van der Waals surface area contributed by atoms with Gasteiger partial charge in [0.1, 0.15) is 45.2 Å². The minimum Gasteiger partial charge on any atom is -0.508 e. The summed E-state index contributed by atoms with van der Waals surface area (Å²) in [6.45, 7) is 0. The van der Waals surface area contributed by atoms with E-state index in [1.54, 1.807) is 67.8 Å². The highest BCUT2D eigenvalue weighted by Gasteiger charge is 2.26. The molecule has 15 nitrogen and oxygen atoms in total. The third kappa shape index (κ3) is 10.3. The molecule has 0 saturated carbocycles. The largest absolute Gasteiger partial charge is 0.508 e. The summed E-state index contributed by atoms with van der Waals surface area (Å²) in [4.78, 5) is 62.5. The van der Waals surface area contributed by atoms with Crippen LogP contribution >= 0.6 is 0 Å². The number of hydrogen-bond acceptors (Lipinski definition) is 15. The predicted molar refractivity (Wildman–Crippen MR) is 372 cm³/mol. The molecule has 2 aliphatic rings.